The van der Waals surface area contributed by atoms with Crippen molar-refractivity contribution in [2.75, 3.05) is 12.4 Å². The quantitative estimate of drug-likeness (QED) is 0.903. The van der Waals surface area contributed by atoms with Gasteiger partial charge in [-0.25, -0.2) is 8.78 Å². The van der Waals surface area contributed by atoms with Crippen molar-refractivity contribution < 1.29 is 13.5 Å². The lowest BCUT2D eigenvalue weighted by Crippen LogP contribution is -2.05. The van der Waals surface area contributed by atoms with Gasteiger partial charge in [0.05, 0.1) is 7.11 Å². The van der Waals surface area contributed by atoms with E-state index in [4.69, 9.17) is 4.74 Å². The molecule has 0 aromatic heterocycles. The zero-order valence-electron chi connectivity index (χ0n) is 10.8. The Hall–Kier alpha value is -2.10. The van der Waals surface area contributed by atoms with E-state index in [1.165, 1.54) is 12.1 Å². The Labute approximate surface area is 111 Å². The summed E-state index contributed by atoms with van der Waals surface area (Å²) in [4.78, 5) is 0. The van der Waals surface area contributed by atoms with Gasteiger partial charge in [-0.2, -0.15) is 0 Å². The molecule has 0 aliphatic heterocycles. The van der Waals surface area contributed by atoms with Crippen molar-refractivity contribution in [2.45, 2.75) is 13.5 Å². The van der Waals surface area contributed by atoms with Crippen LogP contribution in [0.5, 0.6) is 5.75 Å². The Morgan fingerprint density at radius 2 is 1.74 bits per heavy atom. The summed E-state index contributed by atoms with van der Waals surface area (Å²) in [6.07, 6.45) is 0. The van der Waals surface area contributed by atoms with Gasteiger partial charge in [0.25, 0.3) is 0 Å². The largest absolute Gasteiger partial charge is 0.497 e. The van der Waals surface area contributed by atoms with Crippen molar-refractivity contribution in [3.05, 3.63) is 59.2 Å². The van der Waals surface area contributed by atoms with Crippen LogP contribution >= 0.6 is 0 Å². The van der Waals surface area contributed by atoms with Gasteiger partial charge in [-0.3, -0.25) is 0 Å². The summed E-state index contributed by atoms with van der Waals surface area (Å²) in [7, 11) is 1.59. The first-order valence-electron chi connectivity index (χ1n) is 5.93. The average molecular weight is 263 g/mol. The smallest absolute Gasteiger partial charge is 0.152 e. The van der Waals surface area contributed by atoms with Crippen molar-refractivity contribution in [3.8, 4) is 5.75 Å². The molecule has 2 nitrogen and oxygen atoms in total. The van der Waals surface area contributed by atoms with E-state index in [2.05, 4.69) is 5.32 Å². The number of benzene rings is 2. The highest BCUT2D eigenvalue weighted by Crippen LogP contribution is 2.22. The van der Waals surface area contributed by atoms with E-state index >= 15 is 0 Å². The van der Waals surface area contributed by atoms with Crippen LogP contribution in [0.4, 0.5) is 14.5 Å². The summed E-state index contributed by atoms with van der Waals surface area (Å²) in [6, 6.07) is 9.98. The molecule has 0 bridgehead atoms. The topological polar surface area (TPSA) is 21.3 Å². The Morgan fingerprint density at radius 1 is 1.05 bits per heavy atom. The van der Waals surface area contributed by atoms with Crippen LogP contribution in [0.2, 0.25) is 0 Å². The highest BCUT2D eigenvalue weighted by molar-refractivity contribution is 5.49. The van der Waals surface area contributed by atoms with Crippen LogP contribution in [0.25, 0.3) is 0 Å². The summed E-state index contributed by atoms with van der Waals surface area (Å²) in [5.41, 5.74) is 1.25. The van der Waals surface area contributed by atoms with E-state index < -0.39 is 11.6 Å². The van der Waals surface area contributed by atoms with Crippen LogP contribution < -0.4 is 10.1 Å². The second-order valence-electron chi connectivity index (χ2n) is 4.25. The minimum atomic E-state index is -0.586. The lowest BCUT2D eigenvalue weighted by atomic mass is 10.1. The second-order valence-corrected chi connectivity index (χ2v) is 4.25. The van der Waals surface area contributed by atoms with E-state index in [0.717, 1.165) is 11.3 Å². The summed E-state index contributed by atoms with van der Waals surface area (Å²) in [5, 5.41) is 2.78. The van der Waals surface area contributed by atoms with Gasteiger partial charge in [0.15, 0.2) is 5.82 Å². The maximum absolute atomic E-state index is 13.8. The minimum absolute atomic E-state index is 0.0872. The lowest BCUT2D eigenvalue weighted by Gasteiger charge is -2.10. The molecule has 0 amide bonds. The molecule has 0 atom stereocenters. The van der Waals surface area contributed by atoms with E-state index in [1.807, 2.05) is 12.1 Å². The molecule has 0 aliphatic carbocycles. The molecule has 0 unspecified atom stereocenters. The van der Waals surface area contributed by atoms with Crippen LogP contribution in [-0.2, 0) is 6.54 Å². The Balaban J connectivity index is 2.12. The molecule has 19 heavy (non-hydrogen) atoms. The monoisotopic (exact) mass is 263 g/mol. The minimum Gasteiger partial charge on any atom is -0.497 e. The number of halogens is 2. The predicted octanol–water partition coefficient (Wildman–Crippen LogP) is 3.89. The van der Waals surface area contributed by atoms with Crippen LogP contribution in [-0.4, -0.2) is 7.11 Å². The molecule has 0 heterocycles. The highest BCUT2D eigenvalue weighted by Gasteiger charge is 2.10. The van der Waals surface area contributed by atoms with Gasteiger partial charge in [-0.05, 0) is 36.2 Å². The Morgan fingerprint density at radius 3 is 2.37 bits per heavy atom. The standard InChI is InChI=1S/C15H15F2NO/c1-10-3-8-13(16)15(14(10)17)18-9-11-4-6-12(19-2)7-5-11/h3-8,18H,9H2,1-2H3. The van der Waals surface area contributed by atoms with Crippen molar-refractivity contribution in [3.63, 3.8) is 0 Å². The number of aryl methyl sites for hydroxylation is 1. The van der Waals surface area contributed by atoms with E-state index in [0.29, 0.717) is 12.1 Å². The summed E-state index contributed by atoms with van der Waals surface area (Å²) in [5.74, 6) is -0.387. The molecule has 4 heteroatoms. The van der Waals surface area contributed by atoms with E-state index in [9.17, 15) is 8.78 Å². The van der Waals surface area contributed by atoms with Gasteiger partial charge in [0.1, 0.15) is 17.3 Å². The number of hydrogen-bond acceptors (Lipinski definition) is 2. The fourth-order valence-electron chi connectivity index (χ4n) is 1.75. The zero-order chi connectivity index (χ0) is 13.8. The zero-order valence-corrected chi connectivity index (χ0v) is 10.8. The number of ether oxygens (including phenoxy) is 1. The average Bonchev–Trinajstić information content (AvgIpc) is 2.44. The molecule has 2 rings (SSSR count). The molecule has 0 aliphatic rings. The van der Waals surface area contributed by atoms with Crippen molar-refractivity contribution >= 4 is 5.69 Å². The van der Waals surface area contributed by atoms with Crippen molar-refractivity contribution in [1.29, 1.82) is 0 Å². The molecule has 0 radical (unpaired) electrons. The van der Waals surface area contributed by atoms with Gasteiger partial charge in [-0.1, -0.05) is 18.2 Å². The number of anilines is 1. The summed E-state index contributed by atoms with van der Waals surface area (Å²) in [6.45, 7) is 1.95. The molecule has 2 aromatic rings. The first-order valence-corrected chi connectivity index (χ1v) is 5.93. The van der Waals surface area contributed by atoms with Crippen LogP contribution in [0.3, 0.4) is 0 Å². The van der Waals surface area contributed by atoms with Gasteiger partial charge in [0, 0.05) is 6.54 Å². The van der Waals surface area contributed by atoms with Gasteiger partial charge in [0.2, 0.25) is 0 Å². The predicted molar refractivity (Wildman–Crippen MR) is 71.4 cm³/mol. The third-order valence-corrected chi connectivity index (χ3v) is 2.91. The number of rotatable bonds is 4. The molecule has 100 valence electrons. The maximum atomic E-state index is 13.8. The normalized spacial score (nSPS) is 10.3. The molecule has 0 saturated heterocycles. The summed E-state index contributed by atoms with van der Waals surface area (Å²) >= 11 is 0. The molecular weight excluding hydrogens is 248 g/mol. The molecule has 0 saturated carbocycles. The third-order valence-electron chi connectivity index (χ3n) is 2.91. The highest BCUT2D eigenvalue weighted by atomic mass is 19.1. The molecule has 2 aromatic carbocycles. The van der Waals surface area contributed by atoms with Crippen LogP contribution in [0.15, 0.2) is 36.4 Å². The Bertz CT molecular complexity index is 567. The number of methoxy groups -OCH3 is 1. The Kier molecular flexibility index (Phi) is 4.00. The van der Waals surface area contributed by atoms with Gasteiger partial charge >= 0.3 is 0 Å². The second kappa shape index (κ2) is 5.69. The fourth-order valence-corrected chi connectivity index (χ4v) is 1.75. The molecule has 1 N–H and O–H groups in total. The first kappa shape index (κ1) is 13.3. The molecular formula is C15H15F2NO. The third kappa shape index (κ3) is 3.02. The number of hydrogen-bond donors (Lipinski definition) is 1. The SMILES string of the molecule is COc1ccc(CNc2c(F)ccc(C)c2F)cc1. The fraction of sp³-hybridized carbons (Fsp3) is 0.200. The van der Waals surface area contributed by atoms with Crippen LogP contribution in [0, 0.1) is 18.6 Å². The lowest BCUT2D eigenvalue weighted by molar-refractivity contribution is 0.414. The summed E-state index contributed by atoms with van der Waals surface area (Å²) < 4.78 is 32.3. The van der Waals surface area contributed by atoms with Crippen molar-refractivity contribution in [1.82, 2.24) is 0 Å². The number of nitrogens with one attached hydrogen (secondary N) is 1. The first-order chi connectivity index (χ1) is 9.11. The van der Waals surface area contributed by atoms with Gasteiger partial charge in [-0.15, -0.1) is 0 Å². The van der Waals surface area contributed by atoms with Crippen molar-refractivity contribution in [2.24, 2.45) is 0 Å². The van der Waals surface area contributed by atoms with E-state index in [-0.39, 0.29) is 5.69 Å². The molecule has 0 spiro atoms. The molecule has 0 fully saturated rings. The van der Waals surface area contributed by atoms with Crippen LogP contribution in [0.1, 0.15) is 11.1 Å². The maximum Gasteiger partial charge on any atom is 0.152 e. The van der Waals surface area contributed by atoms with Gasteiger partial charge < -0.3 is 10.1 Å². The van der Waals surface area contributed by atoms with E-state index in [1.54, 1.807) is 26.2 Å².